The van der Waals surface area contributed by atoms with Crippen LogP contribution in [-0.2, 0) is 9.53 Å². The molecule has 4 saturated carbocycles. The van der Waals surface area contributed by atoms with Crippen molar-refractivity contribution in [1.29, 1.82) is 0 Å². The molecule has 0 aliphatic heterocycles. The number of hydrogen-bond donors (Lipinski definition) is 3. The molecule has 0 spiro atoms. The van der Waals surface area contributed by atoms with Crippen LogP contribution < -0.4 is 0 Å². The van der Waals surface area contributed by atoms with E-state index >= 15 is 0 Å². The van der Waals surface area contributed by atoms with Crippen molar-refractivity contribution in [3.63, 3.8) is 0 Å². The first-order chi connectivity index (χ1) is 9.99. The van der Waals surface area contributed by atoms with Gasteiger partial charge in [0.05, 0.1) is 22.2 Å². The van der Waals surface area contributed by atoms with Gasteiger partial charge in [0.2, 0.25) is 0 Å². The molecular formula is C17H28O5. The van der Waals surface area contributed by atoms with Crippen LogP contribution in [0, 0.1) is 5.41 Å². The highest BCUT2D eigenvalue weighted by Crippen LogP contribution is 2.62. The van der Waals surface area contributed by atoms with Crippen LogP contribution in [-0.4, -0.2) is 43.7 Å². The van der Waals surface area contributed by atoms with E-state index in [1.807, 2.05) is 20.8 Å². The van der Waals surface area contributed by atoms with Crippen LogP contribution in [0.2, 0.25) is 0 Å². The van der Waals surface area contributed by atoms with Gasteiger partial charge in [0, 0.05) is 38.5 Å². The lowest BCUT2D eigenvalue weighted by atomic mass is 9.48. The van der Waals surface area contributed by atoms with E-state index < -0.39 is 27.8 Å². The molecule has 0 saturated heterocycles. The fourth-order valence-corrected chi connectivity index (χ4v) is 5.35. The van der Waals surface area contributed by atoms with E-state index in [1.54, 1.807) is 0 Å². The summed E-state index contributed by atoms with van der Waals surface area (Å²) in [5.41, 5.74) is -4.89. The molecular weight excluding hydrogens is 284 g/mol. The Bertz CT molecular complexity index is 442. The van der Waals surface area contributed by atoms with Gasteiger partial charge in [-0.05, 0) is 19.8 Å². The van der Waals surface area contributed by atoms with E-state index in [-0.39, 0.29) is 25.2 Å². The van der Waals surface area contributed by atoms with Crippen molar-refractivity contribution in [2.75, 3.05) is 0 Å². The van der Waals surface area contributed by atoms with Crippen LogP contribution in [0.15, 0.2) is 0 Å². The van der Waals surface area contributed by atoms with E-state index in [4.69, 9.17) is 4.74 Å². The van der Waals surface area contributed by atoms with Crippen molar-refractivity contribution in [3.05, 3.63) is 0 Å². The molecule has 0 aromatic rings. The molecule has 4 fully saturated rings. The number of carbonyl (C=O) groups excluding carboxylic acids is 1. The average Bonchev–Trinajstić information content (AvgIpc) is 2.31. The molecule has 0 aromatic heterocycles. The van der Waals surface area contributed by atoms with Gasteiger partial charge in [0.15, 0.2) is 0 Å². The van der Waals surface area contributed by atoms with Crippen molar-refractivity contribution >= 4 is 5.97 Å². The zero-order valence-electron chi connectivity index (χ0n) is 13.8. The van der Waals surface area contributed by atoms with Crippen molar-refractivity contribution in [2.45, 2.75) is 94.5 Å². The van der Waals surface area contributed by atoms with Crippen molar-refractivity contribution in [1.82, 2.24) is 0 Å². The first kappa shape index (κ1) is 16.2. The van der Waals surface area contributed by atoms with Crippen LogP contribution >= 0.6 is 0 Å². The fourth-order valence-electron chi connectivity index (χ4n) is 5.35. The SMILES string of the molecule is CCC(C)(CC)C(=O)OC12CC3(O)CC(O)(CC(O)(C3)C1)C2. The lowest BCUT2D eigenvalue weighted by molar-refractivity contribution is -0.302. The summed E-state index contributed by atoms with van der Waals surface area (Å²) in [7, 11) is 0. The molecule has 4 bridgehead atoms. The zero-order valence-corrected chi connectivity index (χ0v) is 13.8. The Morgan fingerprint density at radius 2 is 1.27 bits per heavy atom. The number of ether oxygens (including phenoxy) is 1. The van der Waals surface area contributed by atoms with Crippen LogP contribution in [0.25, 0.3) is 0 Å². The summed E-state index contributed by atoms with van der Waals surface area (Å²) >= 11 is 0. The molecule has 4 aliphatic rings. The summed E-state index contributed by atoms with van der Waals surface area (Å²) in [5, 5.41) is 32.2. The predicted molar refractivity (Wildman–Crippen MR) is 80.1 cm³/mol. The Hall–Kier alpha value is -0.650. The molecule has 4 aliphatic carbocycles. The van der Waals surface area contributed by atoms with Gasteiger partial charge in [-0.3, -0.25) is 4.79 Å². The van der Waals surface area contributed by atoms with Crippen LogP contribution in [0.4, 0.5) is 0 Å². The molecule has 0 unspecified atom stereocenters. The quantitative estimate of drug-likeness (QED) is 0.687. The molecule has 5 heteroatoms. The van der Waals surface area contributed by atoms with Crippen molar-refractivity contribution < 1.29 is 24.9 Å². The maximum absolute atomic E-state index is 12.7. The molecule has 3 N–H and O–H groups in total. The maximum atomic E-state index is 12.7. The monoisotopic (exact) mass is 312 g/mol. The summed E-state index contributed by atoms with van der Waals surface area (Å²) in [4.78, 5) is 12.7. The largest absolute Gasteiger partial charge is 0.458 e. The minimum absolute atomic E-state index is 0.264. The number of aliphatic hydroxyl groups is 3. The first-order valence-electron chi connectivity index (χ1n) is 8.40. The van der Waals surface area contributed by atoms with E-state index in [2.05, 4.69) is 0 Å². The number of esters is 1. The Morgan fingerprint density at radius 1 is 0.909 bits per heavy atom. The van der Waals surface area contributed by atoms with Gasteiger partial charge >= 0.3 is 5.97 Å². The van der Waals surface area contributed by atoms with Crippen molar-refractivity contribution in [3.8, 4) is 0 Å². The second-order valence-electron chi connectivity index (χ2n) is 8.57. The molecule has 0 heterocycles. The third-order valence-corrected chi connectivity index (χ3v) is 6.29. The average molecular weight is 312 g/mol. The summed E-state index contributed by atoms with van der Waals surface area (Å²) < 4.78 is 5.87. The number of hydrogen-bond acceptors (Lipinski definition) is 5. The van der Waals surface area contributed by atoms with Gasteiger partial charge in [-0.15, -0.1) is 0 Å². The summed E-state index contributed by atoms with van der Waals surface area (Å²) in [6.07, 6.45) is 3.11. The first-order valence-corrected chi connectivity index (χ1v) is 8.40. The summed E-state index contributed by atoms with van der Waals surface area (Å²) in [6.45, 7) is 5.80. The van der Waals surface area contributed by atoms with E-state index in [0.717, 1.165) is 0 Å². The van der Waals surface area contributed by atoms with E-state index in [9.17, 15) is 20.1 Å². The number of carbonyl (C=O) groups is 1. The lowest BCUT2D eigenvalue weighted by Crippen LogP contribution is -2.72. The highest BCUT2D eigenvalue weighted by atomic mass is 16.6. The smallest absolute Gasteiger partial charge is 0.312 e. The maximum Gasteiger partial charge on any atom is 0.312 e. The zero-order chi connectivity index (χ0) is 16.4. The predicted octanol–water partition coefficient (Wildman–Crippen LogP) is 1.67. The minimum atomic E-state index is -1.13. The highest BCUT2D eigenvalue weighted by Gasteiger charge is 2.69. The van der Waals surface area contributed by atoms with Crippen LogP contribution in [0.1, 0.15) is 72.1 Å². The lowest BCUT2D eigenvalue weighted by Gasteiger charge is -2.65. The van der Waals surface area contributed by atoms with E-state index in [0.29, 0.717) is 32.1 Å². The van der Waals surface area contributed by atoms with Gasteiger partial charge in [-0.1, -0.05) is 13.8 Å². The molecule has 0 radical (unpaired) electrons. The van der Waals surface area contributed by atoms with Gasteiger partial charge in [0.25, 0.3) is 0 Å². The standard InChI is InChI=1S/C17H28O5/c1-4-13(3,5-2)12(18)22-17-9-14(19)6-15(20,10-17)8-16(21,7-14)11-17/h19-21H,4-11H2,1-3H3. The van der Waals surface area contributed by atoms with Crippen LogP contribution in [0.5, 0.6) is 0 Å². The van der Waals surface area contributed by atoms with Gasteiger partial charge in [-0.2, -0.15) is 0 Å². The second kappa shape index (κ2) is 4.46. The van der Waals surface area contributed by atoms with Gasteiger partial charge in [-0.25, -0.2) is 0 Å². The third kappa shape index (κ3) is 2.38. The summed E-state index contributed by atoms with van der Waals surface area (Å²) in [6, 6.07) is 0. The van der Waals surface area contributed by atoms with Crippen molar-refractivity contribution in [2.24, 2.45) is 5.41 Å². The van der Waals surface area contributed by atoms with Gasteiger partial charge < -0.3 is 20.1 Å². The minimum Gasteiger partial charge on any atom is -0.458 e. The Morgan fingerprint density at radius 3 is 1.59 bits per heavy atom. The second-order valence-corrected chi connectivity index (χ2v) is 8.57. The molecule has 0 aromatic carbocycles. The Balaban J connectivity index is 1.89. The van der Waals surface area contributed by atoms with E-state index in [1.165, 1.54) is 0 Å². The third-order valence-electron chi connectivity index (χ3n) is 6.29. The Labute approximate surface area is 131 Å². The number of rotatable bonds is 4. The molecule has 4 rings (SSSR count). The molecule has 126 valence electrons. The molecule has 5 nitrogen and oxygen atoms in total. The highest BCUT2D eigenvalue weighted by molar-refractivity contribution is 5.76. The molecule has 0 amide bonds. The Kier molecular flexibility index (Phi) is 3.28. The topological polar surface area (TPSA) is 87.0 Å². The molecule has 0 atom stereocenters. The fraction of sp³-hybridized carbons (Fsp3) is 0.941. The summed E-state index contributed by atoms with van der Waals surface area (Å²) in [5.74, 6) is -0.282. The van der Waals surface area contributed by atoms with Gasteiger partial charge in [0.1, 0.15) is 5.60 Å². The molecule has 22 heavy (non-hydrogen) atoms. The normalized spacial score (nSPS) is 46.8. The van der Waals surface area contributed by atoms with Crippen LogP contribution in [0.3, 0.4) is 0 Å².